The fourth-order valence-corrected chi connectivity index (χ4v) is 5.27. The minimum atomic E-state index is -0.358. The fraction of sp³-hybridized carbons (Fsp3) is 0.227. The zero-order chi connectivity index (χ0) is 20.8. The third-order valence-electron chi connectivity index (χ3n) is 5.47. The van der Waals surface area contributed by atoms with Gasteiger partial charge in [-0.05, 0) is 54.3 Å². The highest BCUT2D eigenvalue weighted by molar-refractivity contribution is 8.15. The molecule has 0 bridgehead atoms. The second-order valence-corrected chi connectivity index (χ2v) is 8.80. The van der Waals surface area contributed by atoms with Gasteiger partial charge in [0.05, 0.1) is 12.6 Å². The average molecular weight is 441 g/mol. The van der Waals surface area contributed by atoms with Crippen molar-refractivity contribution in [1.29, 1.82) is 0 Å². The van der Waals surface area contributed by atoms with Crippen LogP contribution in [0.2, 0.25) is 5.02 Å². The first kappa shape index (κ1) is 19.2. The van der Waals surface area contributed by atoms with E-state index in [1.54, 1.807) is 25.3 Å². The van der Waals surface area contributed by atoms with Gasteiger partial charge in [-0.1, -0.05) is 29.4 Å². The number of imide groups is 1. The number of rotatable bonds is 4. The zero-order valence-corrected chi connectivity index (χ0v) is 17.5. The van der Waals surface area contributed by atoms with Gasteiger partial charge in [0, 0.05) is 22.4 Å². The number of nitrogens with zero attached hydrogens (tertiary/aromatic N) is 1. The molecule has 2 heterocycles. The number of fused-ring (bicyclic) bond motifs is 2. The minimum Gasteiger partial charge on any atom is -0.481 e. The Bertz CT molecular complexity index is 1200. The Labute approximate surface area is 181 Å². The van der Waals surface area contributed by atoms with Gasteiger partial charge in [-0.25, -0.2) is 4.98 Å². The van der Waals surface area contributed by atoms with Crippen LogP contribution in [-0.4, -0.2) is 28.5 Å². The standard InChI is InChI=1S/C22H17ClN2O4S/c1-28-19-10-18(16-6-3-12(23)9-17(16)24-19)29-13-4-7-14-11(8-13)2-5-15(14)20-21(26)25-22(27)30-20/h3-4,6-10,15,20H,2,5H2,1H3,(H,25,26,27)/t15-,20?/m1/s1. The largest absolute Gasteiger partial charge is 0.481 e. The van der Waals surface area contributed by atoms with Crippen molar-refractivity contribution in [3.8, 4) is 17.4 Å². The smallest absolute Gasteiger partial charge is 0.286 e. The zero-order valence-electron chi connectivity index (χ0n) is 16.0. The van der Waals surface area contributed by atoms with E-state index in [0.717, 1.165) is 41.1 Å². The average Bonchev–Trinajstić information content (AvgIpc) is 3.28. The molecule has 0 spiro atoms. The van der Waals surface area contributed by atoms with Crippen LogP contribution in [0.3, 0.4) is 0 Å². The Balaban J connectivity index is 1.46. The molecule has 1 unspecified atom stereocenters. The predicted molar refractivity (Wildman–Crippen MR) is 116 cm³/mol. The van der Waals surface area contributed by atoms with Crippen molar-refractivity contribution >= 4 is 45.4 Å². The number of nitrogens with one attached hydrogen (secondary N) is 1. The molecule has 3 aromatic rings. The van der Waals surface area contributed by atoms with E-state index in [4.69, 9.17) is 21.1 Å². The first-order valence-corrected chi connectivity index (χ1v) is 10.7. The molecule has 2 amide bonds. The molecule has 8 heteroatoms. The highest BCUT2D eigenvalue weighted by Gasteiger charge is 2.41. The highest BCUT2D eigenvalue weighted by Crippen LogP contribution is 2.44. The maximum absolute atomic E-state index is 12.1. The number of aromatic nitrogens is 1. The van der Waals surface area contributed by atoms with E-state index in [1.807, 2.05) is 24.3 Å². The van der Waals surface area contributed by atoms with Crippen LogP contribution in [-0.2, 0) is 11.2 Å². The van der Waals surface area contributed by atoms with E-state index in [2.05, 4.69) is 10.3 Å². The molecule has 1 N–H and O–H groups in total. The van der Waals surface area contributed by atoms with Crippen molar-refractivity contribution in [2.45, 2.75) is 24.0 Å². The van der Waals surface area contributed by atoms with Crippen molar-refractivity contribution < 1.29 is 19.1 Å². The lowest BCUT2D eigenvalue weighted by molar-refractivity contribution is -0.119. The van der Waals surface area contributed by atoms with Crippen LogP contribution < -0.4 is 14.8 Å². The van der Waals surface area contributed by atoms with Crippen LogP contribution in [0, 0.1) is 0 Å². The van der Waals surface area contributed by atoms with Gasteiger partial charge in [0.2, 0.25) is 11.8 Å². The number of ether oxygens (including phenoxy) is 2. The van der Waals surface area contributed by atoms with Crippen LogP contribution in [0.25, 0.3) is 10.9 Å². The molecule has 1 saturated heterocycles. The number of methoxy groups -OCH3 is 1. The highest BCUT2D eigenvalue weighted by atomic mass is 35.5. The number of amides is 2. The second-order valence-electron chi connectivity index (χ2n) is 7.25. The fourth-order valence-electron chi connectivity index (χ4n) is 4.10. The summed E-state index contributed by atoms with van der Waals surface area (Å²) in [6.45, 7) is 0. The maximum Gasteiger partial charge on any atom is 0.286 e. The first-order chi connectivity index (χ1) is 14.5. The van der Waals surface area contributed by atoms with E-state index < -0.39 is 0 Å². The van der Waals surface area contributed by atoms with E-state index in [9.17, 15) is 9.59 Å². The SMILES string of the molecule is COc1cc(Oc2ccc3c(c2)CC[C@H]3C2SC(=O)NC2=O)c2ccc(Cl)cc2n1. The second kappa shape index (κ2) is 7.49. The normalized spacial score (nSPS) is 20.3. The van der Waals surface area contributed by atoms with Gasteiger partial charge in [-0.15, -0.1) is 0 Å². The predicted octanol–water partition coefficient (Wildman–Crippen LogP) is 5.07. The van der Waals surface area contributed by atoms with E-state index in [-0.39, 0.29) is 22.3 Å². The van der Waals surface area contributed by atoms with Crippen molar-refractivity contribution in [3.05, 3.63) is 58.6 Å². The van der Waals surface area contributed by atoms with Gasteiger partial charge in [0.25, 0.3) is 5.24 Å². The van der Waals surface area contributed by atoms with Crippen LogP contribution in [0.5, 0.6) is 17.4 Å². The van der Waals surface area contributed by atoms with Gasteiger partial charge >= 0.3 is 0 Å². The molecule has 6 nitrogen and oxygen atoms in total. The number of carbonyl (C=O) groups is 2. The Morgan fingerprint density at radius 2 is 2.03 bits per heavy atom. The van der Waals surface area contributed by atoms with Gasteiger partial charge < -0.3 is 9.47 Å². The number of halogens is 1. The third-order valence-corrected chi connectivity index (χ3v) is 6.82. The molecule has 2 aliphatic rings. The molecular formula is C22H17ClN2O4S. The van der Waals surface area contributed by atoms with E-state index in [0.29, 0.717) is 27.9 Å². The Morgan fingerprint density at radius 3 is 2.80 bits per heavy atom. The lowest BCUT2D eigenvalue weighted by atomic mass is 9.97. The number of pyridine rings is 1. The lowest BCUT2D eigenvalue weighted by Gasteiger charge is -2.16. The molecular weight excluding hydrogens is 424 g/mol. The van der Waals surface area contributed by atoms with E-state index >= 15 is 0 Å². The number of benzene rings is 2. The summed E-state index contributed by atoms with van der Waals surface area (Å²) in [7, 11) is 1.56. The number of aryl methyl sites for hydroxylation is 1. The molecule has 0 saturated carbocycles. The van der Waals surface area contributed by atoms with Crippen molar-refractivity contribution in [1.82, 2.24) is 10.3 Å². The molecule has 152 valence electrons. The van der Waals surface area contributed by atoms with Crippen molar-refractivity contribution in [2.75, 3.05) is 7.11 Å². The Hall–Kier alpha value is -2.77. The molecule has 2 aromatic carbocycles. The van der Waals surface area contributed by atoms with Crippen molar-refractivity contribution in [3.63, 3.8) is 0 Å². The van der Waals surface area contributed by atoms with Gasteiger partial charge in [0.1, 0.15) is 16.7 Å². The summed E-state index contributed by atoms with van der Waals surface area (Å²) in [6.07, 6.45) is 1.67. The minimum absolute atomic E-state index is 0.0366. The molecule has 1 aliphatic heterocycles. The third kappa shape index (κ3) is 3.38. The number of hydrogen-bond acceptors (Lipinski definition) is 6. The van der Waals surface area contributed by atoms with Crippen LogP contribution in [0.1, 0.15) is 23.5 Å². The summed E-state index contributed by atoms with van der Waals surface area (Å²) in [5.41, 5.74) is 2.93. The summed E-state index contributed by atoms with van der Waals surface area (Å²) in [6, 6.07) is 13.1. The molecule has 1 aromatic heterocycles. The summed E-state index contributed by atoms with van der Waals surface area (Å²) < 4.78 is 11.5. The molecule has 5 rings (SSSR count). The van der Waals surface area contributed by atoms with Gasteiger partial charge in [-0.3, -0.25) is 14.9 Å². The summed E-state index contributed by atoms with van der Waals surface area (Å²) >= 11 is 7.19. The van der Waals surface area contributed by atoms with Crippen LogP contribution >= 0.6 is 23.4 Å². The topological polar surface area (TPSA) is 77.5 Å². The van der Waals surface area contributed by atoms with Crippen molar-refractivity contribution in [2.24, 2.45) is 0 Å². The lowest BCUT2D eigenvalue weighted by Crippen LogP contribution is -2.27. The number of hydrogen-bond donors (Lipinski definition) is 1. The summed E-state index contributed by atoms with van der Waals surface area (Å²) in [4.78, 5) is 28.1. The Morgan fingerprint density at radius 1 is 1.17 bits per heavy atom. The molecule has 0 radical (unpaired) electrons. The van der Waals surface area contributed by atoms with Gasteiger partial charge in [0.15, 0.2) is 0 Å². The van der Waals surface area contributed by atoms with Crippen LogP contribution in [0.4, 0.5) is 4.79 Å². The maximum atomic E-state index is 12.1. The van der Waals surface area contributed by atoms with E-state index in [1.165, 1.54) is 0 Å². The molecule has 1 aliphatic carbocycles. The molecule has 2 atom stereocenters. The number of carbonyl (C=O) groups excluding carboxylic acids is 2. The Kier molecular flexibility index (Phi) is 4.79. The monoisotopic (exact) mass is 440 g/mol. The quantitative estimate of drug-likeness (QED) is 0.610. The summed E-state index contributed by atoms with van der Waals surface area (Å²) in [5, 5.41) is 3.18. The molecule has 30 heavy (non-hydrogen) atoms. The molecule has 1 fully saturated rings. The van der Waals surface area contributed by atoms with Crippen LogP contribution in [0.15, 0.2) is 42.5 Å². The summed E-state index contributed by atoms with van der Waals surface area (Å²) in [5.74, 6) is 1.60. The first-order valence-electron chi connectivity index (χ1n) is 9.48. The van der Waals surface area contributed by atoms with Gasteiger partial charge in [-0.2, -0.15) is 0 Å². The number of thioether (sulfide) groups is 1.